The van der Waals surface area contributed by atoms with Crippen molar-refractivity contribution in [1.82, 2.24) is 0 Å². The first-order chi connectivity index (χ1) is 19.1. The van der Waals surface area contributed by atoms with E-state index in [0.29, 0.717) is 24.4 Å². The lowest BCUT2D eigenvalue weighted by atomic mass is 10.1. The van der Waals surface area contributed by atoms with Gasteiger partial charge in [-0.3, -0.25) is 0 Å². The Kier molecular flexibility index (Phi) is 18.4. The predicted molar refractivity (Wildman–Crippen MR) is 141 cm³/mol. The fraction of sp³-hybridized carbons (Fsp3) is 0.741. The number of aliphatic hydroxyl groups excluding tert-OH is 1. The molecule has 0 bridgehead atoms. The molecule has 3 nitrogen and oxygen atoms in total. The lowest BCUT2D eigenvalue weighted by Gasteiger charge is -2.28. The summed E-state index contributed by atoms with van der Waals surface area (Å²) < 4.78 is 127. The lowest BCUT2D eigenvalue weighted by Crippen LogP contribution is -2.52. The number of nitrogens with zero attached hydrogens (tertiary/aromatic N) is 1. The summed E-state index contributed by atoms with van der Waals surface area (Å²) >= 11 is 0.949. The van der Waals surface area contributed by atoms with Crippen LogP contribution in [0.5, 0.6) is 0 Å². The van der Waals surface area contributed by atoms with Crippen molar-refractivity contribution >= 4 is 17.4 Å². The molecule has 0 fully saturated rings. The van der Waals surface area contributed by atoms with Crippen molar-refractivity contribution in [1.29, 1.82) is 5.26 Å². The van der Waals surface area contributed by atoms with Crippen LogP contribution in [0.1, 0.15) is 88.2 Å². The van der Waals surface area contributed by atoms with E-state index in [4.69, 9.17) is 10.4 Å². The fourth-order valence-electron chi connectivity index (χ4n) is 3.81. The minimum atomic E-state index is -6.28. The van der Waals surface area contributed by atoms with Crippen LogP contribution >= 0.6 is 11.8 Å². The molecule has 0 saturated carbocycles. The van der Waals surface area contributed by atoms with Crippen LogP contribution in [0.15, 0.2) is 18.2 Å². The topological polar surface area (TPSA) is 56.0 Å². The Bertz CT molecular complexity index is 886. The molecule has 0 spiro atoms. The third-order valence-electron chi connectivity index (χ3n) is 6.12. The second-order valence-corrected chi connectivity index (χ2v) is 10.5. The van der Waals surface area contributed by atoms with Gasteiger partial charge in [0.25, 0.3) is 0 Å². The number of aliphatic hydroxyl groups is 1. The number of unbranched alkanes of at least 4 members (excludes halogenated alkanes) is 10. The van der Waals surface area contributed by atoms with Crippen LogP contribution in [-0.2, 0) is 6.18 Å². The van der Waals surface area contributed by atoms with E-state index in [2.05, 4.69) is 5.32 Å². The highest BCUT2D eigenvalue weighted by atomic mass is 32.2. The zero-order valence-electron chi connectivity index (χ0n) is 22.9. The van der Waals surface area contributed by atoms with Crippen molar-refractivity contribution in [3.05, 3.63) is 29.3 Å². The summed E-state index contributed by atoms with van der Waals surface area (Å²) in [4.78, 5) is 0. The number of hydrogen-bond acceptors (Lipinski definition) is 4. The monoisotopic (exact) mass is 628 g/mol. The molecule has 238 valence electrons. The minimum Gasteiger partial charge on any atom is -0.400 e. The van der Waals surface area contributed by atoms with Gasteiger partial charge in [-0.25, -0.2) is 0 Å². The van der Waals surface area contributed by atoms with Gasteiger partial charge in [0.05, 0.1) is 17.2 Å². The van der Waals surface area contributed by atoms with Gasteiger partial charge in [0.1, 0.15) is 0 Å². The van der Waals surface area contributed by atoms with Crippen molar-refractivity contribution in [3.63, 3.8) is 0 Å². The Morgan fingerprint density at radius 1 is 0.732 bits per heavy atom. The van der Waals surface area contributed by atoms with E-state index in [1.165, 1.54) is 6.07 Å². The molecule has 0 atom stereocenters. The second kappa shape index (κ2) is 19.3. The molecule has 0 radical (unpaired) electrons. The van der Waals surface area contributed by atoms with Gasteiger partial charge in [-0.1, -0.05) is 57.8 Å². The maximum atomic E-state index is 13.2. The second-order valence-electron chi connectivity index (χ2n) is 9.32. The molecule has 0 aromatic heterocycles. The Hall–Kier alpha value is -1.88. The van der Waals surface area contributed by atoms with Gasteiger partial charge in [-0.15, -0.1) is 0 Å². The van der Waals surface area contributed by atoms with Gasteiger partial charge >= 0.3 is 24.2 Å². The average molecular weight is 629 g/mol. The molecule has 41 heavy (non-hydrogen) atoms. The molecule has 0 unspecified atom stereocenters. The smallest absolute Gasteiger partial charge is 0.400 e. The lowest BCUT2D eigenvalue weighted by molar-refractivity contribution is -0.354. The molecule has 14 heteroatoms. The number of nitrogens with one attached hydrogen (secondary N) is 1. The van der Waals surface area contributed by atoms with Crippen LogP contribution in [0, 0.1) is 11.3 Å². The molecule has 0 aliphatic rings. The van der Waals surface area contributed by atoms with Crippen molar-refractivity contribution in [2.24, 2.45) is 0 Å². The quantitative estimate of drug-likeness (QED) is 0.118. The van der Waals surface area contributed by atoms with Crippen LogP contribution in [0.2, 0.25) is 0 Å². The summed E-state index contributed by atoms with van der Waals surface area (Å²) in [6.45, 7) is 0.532. The van der Waals surface area contributed by atoms with E-state index in [1.807, 2.05) is 0 Å². The first-order valence-corrected chi connectivity index (χ1v) is 14.5. The molecule has 0 heterocycles. The van der Waals surface area contributed by atoms with E-state index in [1.54, 1.807) is 6.07 Å². The van der Waals surface area contributed by atoms with Crippen molar-refractivity contribution < 1.29 is 49.0 Å². The zero-order chi connectivity index (χ0) is 31.6. The van der Waals surface area contributed by atoms with E-state index >= 15 is 0 Å². The molecule has 0 aliphatic carbocycles. The summed E-state index contributed by atoms with van der Waals surface area (Å²) in [6, 6.07) is 5.12. The molecular formula is C27H38F10N2OS. The number of halogens is 10. The summed E-state index contributed by atoms with van der Waals surface area (Å²) in [5.74, 6) is -11.2. The Balaban J connectivity index is 0.00000781. The van der Waals surface area contributed by atoms with E-state index in [0.717, 1.165) is 95.2 Å². The molecule has 0 amide bonds. The molecular weight excluding hydrogens is 590 g/mol. The first kappa shape index (κ1) is 39.1. The highest BCUT2D eigenvalue weighted by molar-refractivity contribution is 7.99. The van der Waals surface area contributed by atoms with Crippen LogP contribution in [0.4, 0.5) is 49.6 Å². The zero-order valence-corrected chi connectivity index (χ0v) is 23.7. The van der Waals surface area contributed by atoms with Gasteiger partial charge in [0.15, 0.2) is 0 Å². The van der Waals surface area contributed by atoms with Crippen LogP contribution in [-0.4, -0.2) is 48.3 Å². The largest absolute Gasteiger partial charge is 0.459 e. The van der Waals surface area contributed by atoms with Gasteiger partial charge in [0, 0.05) is 25.8 Å². The number of anilines is 1. The van der Waals surface area contributed by atoms with Crippen LogP contribution in [0.25, 0.3) is 0 Å². The Morgan fingerprint density at radius 2 is 1.22 bits per heavy atom. The van der Waals surface area contributed by atoms with E-state index in [9.17, 15) is 43.9 Å². The number of thioether (sulfide) groups is 1. The van der Waals surface area contributed by atoms with Crippen LogP contribution < -0.4 is 5.32 Å². The fourth-order valence-corrected chi connectivity index (χ4v) is 4.82. The predicted octanol–water partition coefficient (Wildman–Crippen LogP) is 9.84. The maximum Gasteiger partial charge on any atom is 0.459 e. The standard InChI is InChI=1S/C26H34F10N2S.CH4O/c27-23(28,25(32,33)26(34,35)36)14-17-39-16-11-9-7-5-3-1-2-4-6-8-10-15-38-21-13-12-20(19-37)22(18-21)24(29,30)31;1-2/h12-13,18,38H,1-11,14-17H2;2H,1H3. The molecule has 0 saturated heterocycles. The third-order valence-corrected chi connectivity index (χ3v) is 7.19. The molecule has 0 aliphatic heterocycles. The van der Waals surface area contributed by atoms with Crippen molar-refractivity contribution in [2.45, 2.75) is 101 Å². The van der Waals surface area contributed by atoms with Gasteiger partial charge in [0.2, 0.25) is 0 Å². The maximum absolute atomic E-state index is 13.2. The summed E-state index contributed by atoms with van der Waals surface area (Å²) in [5, 5.41) is 18.8. The normalized spacial score (nSPS) is 12.5. The molecule has 1 rings (SSSR count). The number of nitriles is 1. The van der Waals surface area contributed by atoms with Gasteiger partial charge < -0.3 is 10.4 Å². The molecule has 1 aromatic carbocycles. The minimum absolute atomic E-state index is 0.326. The van der Waals surface area contributed by atoms with E-state index < -0.39 is 47.5 Å². The van der Waals surface area contributed by atoms with Gasteiger partial charge in [-0.2, -0.15) is 60.9 Å². The van der Waals surface area contributed by atoms with Gasteiger partial charge in [-0.05, 0) is 42.5 Å². The van der Waals surface area contributed by atoms with Crippen molar-refractivity contribution in [2.75, 3.05) is 30.5 Å². The molecule has 1 aromatic rings. The highest BCUT2D eigenvalue weighted by Crippen LogP contribution is 2.48. The SMILES string of the molecule is CO.N#Cc1ccc(NCCCCCCCCCCCCCSCCC(F)(F)C(F)(F)C(F)(F)F)cc1C(F)(F)F. The van der Waals surface area contributed by atoms with Crippen LogP contribution in [0.3, 0.4) is 0 Å². The summed E-state index contributed by atoms with van der Waals surface area (Å²) in [5.41, 5.74) is -1.03. The van der Waals surface area contributed by atoms with Crippen molar-refractivity contribution in [3.8, 4) is 6.07 Å². The highest BCUT2D eigenvalue weighted by Gasteiger charge is 2.72. The Morgan fingerprint density at radius 3 is 1.68 bits per heavy atom. The van der Waals surface area contributed by atoms with E-state index in [-0.39, 0.29) is 0 Å². The number of hydrogen-bond donors (Lipinski definition) is 2. The number of alkyl halides is 10. The Labute approximate surface area is 239 Å². The average Bonchev–Trinajstić information content (AvgIpc) is 2.90. The third kappa shape index (κ3) is 14.7. The molecule has 2 N–H and O–H groups in total. The first-order valence-electron chi connectivity index (χ1n) is 13.3. The number of benzene rings is 1. The summed E-state index contributed by atoms with van der Waals surface area (Å²) in [6.07, 6.45) is -2.00. The number of rotatable bonds is 19. The summed E-state index contributed by atoms with van der Waals surface area (Å²) in [7, 11) is 1.00.